The average molecular weight is 300 g/mol. The second-order valence-electron chi connectivity index (χ2n) is 6.07. The van der Waals surface area contributed by atoms with Gasteiger partial charge in [-0.1, -0.05) is 42.5 Å². The number of benzene rings is 1. The number of carbonyl (C=O) groups is 1. The number of nitrogens with zero attached hydrogens (tertiary/aromatic N) is 1. The van der Waals surface area contributed by atoms with Crippen LogP contribution < -0.4 is 5.32 Å². The van der Waals surface area contributed by atoms with Crippen LogP contribution in [0.2, 0.25) is 0 Å². The summed E-state index contributed by atoms with van der Waals surface area (Å²) in [7, 11) is 0. The topological polar surface area (TPSA) is 41.6 Å². The normalized spacial score (nSPS) is 25.8. The summed E-state index contributed by atoms with van der Waals surface area (Å²) in [6, 6.07) is 10.6. The zero-order valence-corrected chi connectivity index (χ0v) is 12.9. The van der Waals surface area contributed by atoms with Gasteiger partial charge in [-0.3, -0.25) is 9.69 Å². The third-order valence-electron chi connectivity index (χ3n) is 4.31. The summed E-state index contributed by atoms with van der Waals surface area (Å²) in [4.78, 5) is 14.7. The summed E-state index contributed by atoms with van der Waals surface area (Å²) >= 11 is 0. The molecule has 0 aromatic heterocycles. The van der Waals surface area contributed by atoms with Crippen molar-refractivity contribution in [3.8, 4) is 0 Å². The first-order valence-electron chi connectivity index (χ1n) is 8.14. The number of amides is 1. The van der Waals surface area contributed by atoms with Gasteiger partial charge in [-0.15, -0.1) is 0 Å². The molecule has 1 heterocycles. The lowest BCUT2D eigenvalue weighted by molar-refractivity contribution is -0.139. The van der Waals surface area contributed by atoms with Crippen molar-refractivity contribution in [3.05, 3.63) is 48.0 Å². The van der Waals surface area contributed by atoms with E-state index < -0.39 is 0 Å². The highest BCUT2D eigenvalue weighted by Gasteiger charge is 2.28. The zero-order chi connectivity index (χ0) is 15.2. The van der Waals surface area contributed by atoms with Gasteiger partial charge in [-0.05, 0) is 24.8 Å². The summed E-state index contributed by atoms with van der Waals surface area (Å²) in [6.07, 6.45) is 7.01. The van der Waals surface area contributed by atoms with Gasteiger partial charge in [0, 0.05) is 25.7 Å². The number of rotatable bonds is 4. The molecule has 0 saturated carbocycles. The third-order valence-corrected chi connectivity index (χ3v) is 4.31. The first-order chi connectivity index (χ1) is 10.8. The molecule has 4 nitrogen and oxygen atoms in total. The van der Waals surface area contributed by atoms with Gasteiger partial charge in [0.2, 0.25) is 0 Å². The van der Waals surface area contributed by atoms with E-state index in [1.165, 1.54) is 5.56 Å². The Hall–Kier alpha value is -1.65. The second kappa shape index (κ2) is 7.56. The van der Waals surface area contributed by atoms with Crippen molar-refractivity contribution in [3.63, 3.8) is 0 Å². The quantitative estimate of drug-likeness (QED) is 0.866. The molecule has 22 heavy (non-hydrogen) atoms. The monoisotopic (exact) mass is 300 g/mol. The van der Waals surface area contributed by atoms with E-state index in [4.69, 9.17) is 4.74 Å². The van der Waals surface area contributed by atoms with Crippen molar-refractivity contribution < 1.29 is 9.53 Å². The van der Waals surface area contributed by atoms with Crippen molar-refractivity contribution in [1.82, 2.24) is 10.2 Å². The van der Waals surface area contributed by atoms with Gasteiger partial charge < -0.3 is 10.1 Å². The summed E-state index contributed by atoms with van der Waals surface area (Å²) in [5, 5.41) is 3.13. The standard InChI is InChI=1S/C18H24N2O2/c21-18(19-16-9-5-2-6-10-16)17-14-20(11-12-22-17)13-15-7-3-1-4-8-15/h1-5,7-8,16-17H,6,9-14H2,(H,19,21)/t16-,17+/m0/s1. The average Bonchev–Trinajstić information content (AvgIpc) is 2.57. The van der Waals surface area contributed by atoms with Crippen molar-refractivity contribution in [2.24, 2.45) is 0 Å². The number of ether oxygens (including phenoxy) is 1. The maximum absolute atomic E-state index is 12.4. The highest BCUT2D eigenvalue weighted by Crippen LogP contribution is 2.13. The number of carbonyl (C=O) groups excluding carboxylic acids is 1. The summed E-state index contributed by atoms with van der Waals surface area (Å²) in [6.45, 7) is 3.05. The number of hydrogen-bond acceptors (Lipinski definition) is 3. The molecular weight excluding hydrogens is 276 g/mol. The van der Waals surface area contributed by atoms with Crippen LogP contribution in [0.5, 0.6) is 0 Å². The Balaban J connectivity index is 1.51. The molecule has 1 fully saturated rings. The van der Waals surface area contributed by atoms with Crippen molar-refractivity contribution >= 4 is 5.91 Å². The predicted octanol–water partition coefficient (Wildman–Crippen LogP) is 2.11. The van der Waals surface area contributed by atoms with Crippen LogP contribution in [0.1, 0.15) is 24.8 Å². The first kappa shape index (κ1) is 15.3. The molecule has 1 aliphatic heterocycles. The minimum absolute atomic E-state index is 0.0399. The minimum atomic E-state index is -0.344. The Labute approximate surface area is 132 Å². The summed E-state index contributed by atoms with van der Waals surface area (Å²) < 4.78 is 5.68. The van der Waals surface area contributed by atoms with Crippen LogP contribution in [0, 0.1) is 0 Å². The maximum Gasteiger partial charge on any atom is 0.250 e. The Kier molecular flexibility index (Phi) is 5.24. The lowest BCUT2D eigenvalue weighted by atomic mass is 10.0. The number of morpholine rings is 1. The molecule has 1 saturated heterocycles. The van der Waals surface area contributed by atoms with Crippen molar-refractivity contribution in [2.45, 2.75) is 38.0 Å². The van der Waals surface area contributed by atoms with Gasteiger partial charge in [0.1, 0.15) is 6.10 Å². The molecule has 0 unspecified atom stereocenters. The molecule has 0 bridgehead atoms. The molecule has 4 heteroatoms. The predicted molar refractivity (Wildman–Crippen MR) is 86.4 cm³/mol. The van der Waals surface area contributed by atoms with Gasteiger partial charge >= 0.3 is 0 Å². The van der Waals surface area contributed by atoms with E-state index in [0.717, 1.165) is 32.4 Å². The highest BCUT2D eigenvalue weighted by atomic mass is 16.5. The Morgan fingerprint density at radius 2 is 2.14 bits per heavy atom. The van der Waals surface area contributed by atoms with E-state index in [1.807, 2.05) is 6.07 Å². The fourth-order valence-electron chi connectivity index (χ4n) is 3.07. The number of nitrogens with one attached hydrogen (secondary N) is 1. The third kappa shape index (κ3) is 4.18. The summed E-state index contributed by atoms with van der Waals surface area (Å²) in [5.41, 5.74) is 1.28. The van der Waals surface area contributed by atoms with Crippen LogP contribution in [-0.2, 0) is 16.1 Å². The van der Waals surface area contributed by atoms with E-state index in [-0.39, 0.29) is 18.1 Å². The van der Waals surface area contributed by atoms with Crippen molar-refractivity contribution in [1.29, 1.82) is 0 Å². The van der Waals surface area contributed by atoms with Gasteiger partial charge in [0.15, 0.2) is 0 Å². The lowest BCUT2D eigenvalue weighted by Gasteiger charge is -2.33. The molecule has 1 aromatic carbocycles. The largest absolute Gasteiger partial charge is 0.366 e. The fraction of sp³-hybridized carbons (Fsp3) is 0.500. The molecule has 0 spiro atoms. The van der Waals surface area contributed by atoms with Crippen LogP contribution in [0.4, 0.5) is 0 Å². The molecule has 3 rings (SSSR count). The zero-order valence-electron chi connectivity index (χ0n) is 12.9. The Morgan fingerprint density at radius 3 is 2.91 bits per heavy atom. The second-order valence-corrected chi connectivity index (χ2v) is 6.07. The van der Waals surface area contributed by atoms with E-state index in [2.05, 4.69) is 46.6 Å². The lowest BCUT2D eigenvalue weighted by Crippen LogP contribution is -2.51. The van der Waals surface area contributed by atoms with Crippen LogP contribution in [0.25, 0.3) is 0 Å². The SMILES string of the molecule is O=C(N[C@H]1CC=CCC1)[C@H]1CN(Cc2ccccc2)CCO1. The number of hydrogen-bond donors (Lipinski definition) is 1. The van der Waals surface area contributed by atoms with E-state index >= 15 is 0 Å². The van der Waals surface area contributed by atoms with Crippen LogP contribution in [-0.4, -0.2) is 42.6 Å². The van der Waals surface area contributed by atoms with Gasteiger partial charge in [-0.2, -0.15) is 0 Å². The Bertz CT molecular complexity index is 515. The molecular formula is C18H24N2O2. The van der Waals surface area contributed by atoms with Crippen LogP contribution >= 0.6 is 0 Å². The Morgan fingerprint density at radius 1 is 1.27 bits per heavy atom. The molecule has 118 valence electrons. The molecule has 2 aliphatic rings. The fourth-order valence-corrected chi connectivity index (χ4v) is 3.07. The van der Waals surface area contributed by atoms with Gasteiger partial charge in [0.25, 0.3) is 5.91 Å². The molecule has 1 amide bonds. The smallest absolute Gasteiger partial charge is 0.250 e. The molecule has 0 radical (unpaired) electrons. The summed E-state index contributed by atoms with van der Waals surface area (Å²) in [5.74, 6) is 0.0399. The van der Waals surface area contributed by atoms with Gasteiger partial charge in [-0.25, -0.2) is 0 Å². The molecule has 1 aliphatic carbocycles. The van der Waals surface area contributed by atoms with Crippen LogP contribution in [0.3, 0.4) is 0 Å². The van der Waals surface area contributed by atoms with Gasteiger partial charge in [0.05, 0.1) is 6.61 Å². The minimum Gasteiger partial charge on any atom is -0.366 e. The van der Waals surface area contributed by atoms with E-state index in [9.17, 15) is 4.79 Å². The maximum atomic E-state index is 12.4. The molecule has 1 N–H and O–H groups in total. The highest BCUT2D eigenvalue weighted by molar-refractivity contribution is 5.81. The number of allylic oxidation sites excluding steroid dienone is 1. The molecule has 2 atom stereocenters. The first-order valence-corrected chi connectivity index (χ1v) is 8.14. The van der Waals surface area contributed by atoms with Crippen LogP contribution in [0.15, 0.2) is 42.5 Å². The van der Waals surface area contributed by atoms with E-state index in [1.54, 1.807) is 0 Å². The van der Waals surface area contributed by atoms with Crippen molar-refractivity contribution in [2.75, 3.05) is 19.7 Å². The molecule has 1 aromatic rings. The van der Waals surface area contributed by atoms with E-state index in [0.29, 0.717) is 13.2 Å².